The van der Waals surface area contributed by atoms with E-state index >= 15 is 0 Å². The van der Waals surface area contributed by atoms with Crippen molar-refractivity contribution in [3.63, 3.8) is 0 Å². The molecule has 11 nitrogen and oxygen atoms in total. The first-order valence-electron chi connectivity index (χ1n) is 12.4. The van der Waals surface area contributed by atoms with Crippen LogP contribution in [0.2, 0.25) is 0 Å². The third-order valence-electron chi connectivity index (χ3n) is 6.56. The number of aryl methyl sites for hydroxylation is 1. The molecule has 0 radical (unpaired) electrons. The molecule has 5 rings (SSSR count). The van der Waals surface area contributed by atoms with E-state index in [2.05, 4.69) is 21.0 Å². The number of anilines is 3. The van der Waals surface area contributed by atoms with Crippen molar-refractivity contribution in [3.05, 3.63) is 117 Å². The van der Waals surface area contributed by atoms with Crippen LogP contribution in [0.5, 0.6) is 5.75 Å². The van der Waals surface area contributed by atoms with Gasteiger partial charge in [-0.2, -0.15) is 5.10 Å². The molecule has 0 saturated carbocycles. The van der Waals surface area contributed by atoms with Gasteiger partial charge in [-0.05, 0) is 73.5 Å². The quantitative estimate of drug-likeness (QED) is 0.215. The Balaban J connectivity index is 1.53. The maximum absolute atomic E-state index is 13.6. The highest BCUT2D eigenvalue weighted by Crippen LogP contribution is 2.38. The number of hydrogen-bond acceptors (Lipinski definition) is 7. The van der Waals surface area contributed by atoms with E-state index in [0.29, 0.717) is 39.8 Å². The molecule has 2 amide bonds. The van der Waals surface area contributed by atoms with Gasteiger partial charge in [0, 0.05) is 29.2 Å². The summed E-state index contributed by atoms with van der Waals surface area (Å²) in [6.45, 7) is 3.67. The minimum absolute atomic E-state index is 0.0819. The van der Waals surface area contributed by atoms with E-state index in [1.54, 1.807) is 61.2 Å². The zero-order valence-corrected chi connectivity index (χ0v) is 22.0. The van der Waals surface area contributed by atoms with Crippen molar-refractivity contribution in [3.8, 4) is 5.75 Å². The molecule has 1 atom stereocenters. The molecule has 1 aliphatic heterocycles. The molecule has 0 aliphatic carbocycles. The summed E-state index contributed by atoms with van der Waals surface area (Å²) in [4.78, 5) is 37.7. The first-order chi connectivity index (χ1) is 19.2. The molecular formula is C29H26N6O5. The molecule has 3 aromatic carbocycles. The van der Waals surface area contributed by atoms with Crippen LogP contribution in [0.1, 0.15) is 34.5 Å². The molecule has 4 aromatic rings. The van der Waals surface area contributed by atoms with Crippen molar-refractivity contribution < 1.29 is 19.2 Å². The zero-order valence-electron chi connectivity index (χ0n) is 22.0. The zero-order chi connectivity index (χ0) is 28.4. The topological polar surface area (TPSA) is 140 Å². The Morgan fingerprint density at radius 1 is 0.975 bits per heavy atom. The molecule has 40 heavy (non-hydrogen) atoms. The maximum atomic E-state index is 13.6. The number of amides is 2. The van der Waals surface area contributed by atoms with Crippen LogP contribution < -0.4 is 20.7 Å². The van der Waals surface area contributed by atoms with Gasteiger partial charge in [0.25, 0.3) is 17.5 Å². The number of hydrogen-bond donors (Lipinski definition) is 3. The Morgan fingerprint density at radius 2 is 1.68 bits per heavy atom. The van der Waals surface area contributed by atoms with Crippen LogP contribution in [0.3, 0.4) is 0 Å². The first-order valence-corrected chi connectivity index (χ1v) is 12.4. The smallest absolute Gasteiger partial charge is 0.269 e. The summed E-state index contributed by atoms with van der Waals surface area (Å²) in [6, 6.07) is 19.5. The van der Waals surface area contributed by atoms with Crippen molar-refractivity contribution in [1.29, 1.82) is 0 Å². The summed E-state index contributed by atoms with van der Waals surface area (Å²) < 4.78 is 6.73. The number of aromatic nitrogens is 2. The van der Waals surface area contributed by atoms with E-state index in [-0.39, 0.29) is 17.2 Å². The van der Waals surface area contributed by atoms with Gasteiger partial charge in [0.15, 0.2) is 0 Å². The monoisotopic (exact) mass is 538 g/mol. The first kappa shape index (κ1) is 26.2. The molecule has 0 saturated heterocycles. The highest BCUT2D eigenvalue weighted by molar-refractivity contribution is 6.09. The molecule has 202 valence electrons. The summed E-state index contributed by atoms with van der Waals surface area (Å²) in [7, 11) is 1.56. The van der Waals surface area contributed by atoms with Gasteiger partial charge < -0.3 is 20.7 Å². The lowest BCUT2D eigenvalue weighted by Gasteiger charge is -2.30. The summed E-state index contributed by atoms with van der Waals surface area (Å²) in [5.41, 5.74) is 3.82. The van der Waals surface area contributed by atoms with Crippen LogP contribution in [0.4, 0.5) is 22.9 Å². The minimum Gasteiger partial charge on any atom is -0.497 e. The normalized spacial score (nSPS) is 14.1. The van der Waals surface area contributed by atoms with Gasteiger partial charge in [-0.3, -0.25) is 19.7 Å². The van der Waals surface area contributed by atoms with E-state index < -0.39 is 16.9 Å². The average molecular weight is 539 g/mol. The van der Waals surface area contributed by atoms with Crippen molar-refractivity contribution in [2.24, 2.45) is 0 Å². The number of benzene rings is 3. The summed E-state index contributed by atoms with van der Waals surface area (Å²) in [5.74, 6) is 0.271. The molecule has 0 fully saturated rings. The number of nitrogens with one attached hydrogen (secondary N) is 3. The number of nitrogens with zero attached hydrogens (tertiary/aromatic N) is 3. The lowest BCUT2D eigenvalue weighted by atomic mass is 9.94. The van der Waals surface area contributed by atoms with Crippen molar-refractivity contribution >= 4 is 34.7 Å². The number of allylic oxidation sites excluding steroid dienone is 1. The Kier molecular flexibility index (Phi) is 7.02. The second-order valence-electron chi connectivity index (χ2n) is 9.27. The Bertz CT molecular complexity index is 1640. The van der Waals surface area contributed by atoms with Gasteiger partial charge in [-0.15, -0.1) is 0 Å². The Morgan fingerprint density at radius 3 is 2.33 bits per heavy atom. The maximum Gasteiger partial charge on any atom is 0.269 e. The van der Waals surface area contributed by atoms with Gasteiger partial charge in [-0.25, -0.2) is 4.68 Å². The van der Waals surface area contributed by atoms with Crippen LogP contribution in [0.25, 0.3) is 0 Å². The number of non-ortho nitro benzene ring substituents is 1. The molecule has 3 N–H and O–H groups in total. The fourth-order valence-electron chi connectivity index (χ4n) is 4.60. The Labute approximate surface area is 229 Å². The number of carbonyl (C=O) groups excluding carboxylic acids is 2. The van der Waals surface area contributed by atoms with Crippen LogP contribution >= 0.6 is 0 Å². The van der Waals surface area contributed by atoms with Gasteiger partial charge >= 0.3 is 0 Å². The predicted octanol–water partition coefficient (Wildman–Crippen LogP) is 5.29. The molecule has 11 heteroatoms. The summed E-state index contributed by atoms with van der Waals surface area (Å²) in [5, 5.41) is 24.7. The van der Waals surface area contributed by atoms with Crippen molar-refractivity contribution in [1.82, 2.24) is 9.78 Å². The van der Waals surface area contributed by atoms with Gasteiger partial charge in [0.1, 0.15) is 23.2 Å². The second kappa shape index (κ2) is 10.7. The molecule has 0 bridgehead atoms. The van der Waals surface area contributed by atoms with Gasteiger partial charge in [0.2, 0.25) is 0 Å². The van der Waals surface area contributed by atoms with Crippen LogP contribution in [0, 0.1) is 17.0 Å². The SMILES string of the molecule is COc1ccc(NC(=O)C2=C(C)Nc3c(C(=O)Nc4cccc(C)c4)cnn3[C@H]2c2ccc([N+](=O)[O-])cc2)cc1. The Hall–Kier alpha value is -5.45. The molecular weight excluding hydrogens is 512 g/mol. The molecule has 2 heterocycles. The lowest BCUT2D eigenvalue weighted by molar-refractivity contribution is -0.384. The fraction of sp³-hybridized carbons (Fsp3) is 0.138. The third kappa shape index (κ3) is 5.12. The average Bonchev–Trinajstić information content (AvgIpc) is 3.36. The lowest BCUT2D eigenvalue weighted by Crippen LogP contribution is -2.32. The molecule has 1 aromatic heterocycles. The molecule has 1 aliphatic rings. The highest BCUT2D eigenvalue weighted by Gasteiger charge is 2.35. The number of fused-ring (bicyclic) bond motifs is 1. The molecule has 0 spiro atoms. The van der Waals surface area contributed by atoms with Crippen molar-refractivity contribution in [2.45, 2.75) is 19.9 Å². The van der Waals surface area contributed by atoms with E-state index in [1.807, 2.05) is 25.1 Å². The summed E-state index contributed by atoms with van der Waals surface area (Å²) >= 11 is 0. The van der Waals surface area contributed by atoms with Crippen LogP contribution in [-0.4, -0.2) is 33.6 Å². The largest absolute Gasteiger partial charge is 0.497 e. The van der Waals surface area contributed by atoms with Gasteiger partial charge in [0.05, 0.1) is 23.8 Å². The second-order valence-corrected chi connectivity index (χ2v) is 9.27. The van der Waals surface area contributed by atoms with E-state index in [4.69, 9.17) is 4.74 Å². The van der Waals surface area contributed by atoms with Gasteiger partial charge in [-0.1, -0.05) is 12.1 Å². The molecule has 0 unspecified atom stereocenters. The standard InChI is InChI=1S/C29H26N6O5/c1-17-5-4-6-21(15-17)33-28(36)24-16-30-34-26(19-7-11-22(12-8-19)35(38)39)25(18(2)31-27(24)34)29(37)32-20-9-13-23(40-3)14-10-20/h4-16,26,31H,1-3H3,(H,32,37)(H,33,36)/t26-/m0/s1. The predicted molar refractivity (Wildman–Crippen MR) is 151 cm³/mol. The minimum atomic E-state index is -0.768. The van der Waals surface area contributed by atoms with E-state index in [9.17, 15) is 19.7 Å². The van der Waals surface area contributed by atoms with Crippen LogP contribution in [-0.2, 0) is 4.79 Å². The number of methoxy groups -OCH3 is 1. The van der Waals surface area contributed by atoms with E-state index in [0.717, 1.165) is 5.56 Å². The summed E-state index contributed by atoms with van der Waals surface area (Å²) in [6.07, 6.45) is 1.43. The highest BCUT2D eigenvalue weighted by atomic mass is 16.6. The number of nitro groups is 1. The number of ether oxygens (including phenoxy) is 1. The third-order valence-corrected chi connectivity index (χ3v) is 6.56. The van der Waals surface area contributed by atoms with Crippen LogP contribution in [0.15, 0.2) is 90.3 Å². The fourth-order valence-corrected chi connectivity index (χ4v) is 4.60. The number of rotatable bonds is 7. The number of nitro benzene ring substituents is 1. The van der Waals surface area contributed by atoms with E-state index in [1.165, 1.54) is 18.3 Å². The van der Waals surface area contributed by atoms with Crippen molar-refractivity contribution in [2.75, 3.05) is 23.1 Å². The number of carbonyl (C=O) groups is 2.